The van der Waals surface area contributed by atoms with Crippen molar-refractivity contribution < 1.29 is 5.11 Å². The van der Waals surface area contributed by atoms with E-state index in [0.29, 0.717) is 18.0 Å². The van der Waals surface area contributed by atoms with E-state index in [4.69, 9.17) is 0 Å². The van der Waals surface area contributed by atoms with E-state index in [1.165, 1.54) is 43.2 Å². The molecule has 2 aromatic rings. The predicted octanol–water partition coefficient (Wildman–Crippen LogP) is 5.19. The first kappa shape index (κ1) is 18.7. The van der Waals surface area contributed by atoms with E-state index in [1.54, 1.807) is 0 Å². The third-order valence-electron chi connectivity index (χ3n) is 7.20. The van der Waals surface area contributed by atoms with Crippen molar-refractivity contribution in [1.82, 2.24) is 4.90 Å². The van der Waals surface area contributed by atoms with Gasteiger partial charge in [0, 0.05) is 12.1 Å². The number of benzene rings is 2. The highest BCUT2D eigenvalue weighted by Crippen LogP contribution is 2.44. The molecule has 0 amide bonds. The highest BCUT2D eigenvalue weighted by atomic mass is 16.3. The van der Waals surface area contributed by atoms with Crippen molar-refractivity contribution >= 4 is 0 Å². The number of hydrogen-bond donors (Lipinski definition) is 1. The van der Waals surface area contributed by atoms with Gasteiger partial charge in [0.2, 0.25) is 0 Å². The van der Waals surface area contributed by atoms with Crippen molar-refractivity contribution in [3.8, 4) is 0 Å². The van der Waals surface area contributed by atoms with Gasteiger partial charge >= 0.3 is 0 Å². The van der Waals surface area contributed by atoms with Crippen LogP contribution >= 0.6 is 0 Å². The molecule has 2 aliphatic heterocycles. The lowest BCUT2D eigenvalue weighted by Gasteiger charge is -2.48. The lowest BCUT2D eigenvalue weighted by molar-refractivity contribution is -0.00679. The fourth-order valence-electron chi connectivity index (χ4n) is 5.75. The Labute approximate surface area is 164 Å². The SMILES string of the molecule is Cc1ccccc1C(O)(CC1CC2CCCC(C1)N2C)c1ccccc1C. The number of fused-ring (bicyclic) bond motifs is 2. The number of piperidine rings is 2. The van der Waals surface area contributed by atoms with Crippen molar-refractivity contribution in [2.24, 2.45) is 5.92 Å². The van der Waals surface area contributed by atoms with Gasteiger partial charge in [-0.15, -0.1) is 0 Å². The van der Waals surface area contributed by atoms with Gasteiger partial charge in [0.1, 0.15) is 5.60 Å². The molecule has 2 atom stereocenters. The molecule has 4 rings (SSSR count). The van der Waals surface area contributed by atoms with Gasteiger partial charge in [-0.1, -0.05) is 55.0 Å². The normalized spacial score (nSPS) is 26.1. The lowest BCUT2D eigenvalue weighted by atomic mass is 9.70. The van der Waals surface area contributed by atoms with Gasteiger partial charge < -0.3 is 10.0 Å². The largest absolute Gasteiger partial charge is 0.380 e. The Morgan fingerprint density at radius 3 is 1.85 bits per heavy atom. The van der Waals surface area contributed by atoms with Crippen LogP contribution in [0.4, 0.5) is 0 Å². The molecule has 0 radical (unpaired) electrons. The minimum Gasteiger partial charge on any atom is -0.380 e. The molecule has 1 N–H and O–H groups in total. The number of hydrogen-bond acceptors (Lipinski definition) is 2. The maximum absolute atomic E-state index is 12.2. The van der Waals surface area contributed by atoms with Gasteiger partial charge in [0.25, 0.3) is 0 Å². The summed E-state index contributed by atoms with van der Waals surface area (Å²) in [5, 5.41) is 12.2. The van der Waals surface area contributed by atoms with Crippen LogP contribution in [-0.4, -0.2) is 29.1 Å². The second kappa shape index (κ2) is 7.41. The van der Waals surface area contributed by atoms with Crippen molar-refractivity contribution in [3.05, 3.63) is 70.8 Å². The van der Waals surface area contributed by atoms with Crippen molar-refractivity contribution in [1.29, 1.82) is 0 Å². The zero-order valence-corrected chi connectivity index (χ0v) is 17.0. The van der Waals surface area contributed by atoms with E-state index >= 15 is 0 Å². The summed E-state index contributed by atoms with van der Waals surface area (Å²) >= 11 is 0. The molecule has 2 fully saturated rings. The molecule has 2 saturated heterocycles. The Kier molecular flexibility index (Phi) is 5.13. The Morgan fingerprint density at radius 2 is 1.37 bits per heavy atom. The van der Waals surface area contributed by atoms with E-state index < -0.39 is 5.60 Å². The van der Waals surface area contributed by atoms with Crippen LogP contribution in [0.3, 0.4) is 0 Å². The van der Waals surface area contributed by atoms with E-state index in [1.807, 2.05) is 0 Å². The van der Waals surface area contributed by atoms with Crippen LogP contribution in [-0.2, 0) is 5.60 Å². The molecule has 27 heavy (non-hydrogen) atoms. The molecule has 2 aliphatic rings. The Morgan fingerprint density at radius 1 is 0.889 bits per heavy atom. The molecule has 144 valence electrons. The fraction of sp³-hybridized carbons (Fsp3) is 0.520. The van der Waals surface area contributed by atoms with Crippen LogP contribution in [0.1, 0.15) is 60.8 Å². The Hall–Kier alpha value is -1.64. The third-order valence-corrected chi connectivity index (χ3v) is 7.20. The first-order valence-corrected chi connectivity index (χ1v) is 10.6. The number of nitrogens with zero attached hydrogens (tertiary/aromatic N) is 1. The summed E-state index contributed by atoms with van der Waals surface area (Å²) in [5.74, 6) is 0.570. The van der Waals surface area contributed by atoms with E-state index in [0.717, 1.165) is 17.5 Å². The molecule has 2 aromatic carbocycles. The van der Waals surface area contributed by atoms with Gasteiger partial charge in [-0.2, -0.15) is 0 Å². The maximum atomic E-state index is 12.2. The van der Waals surface area contributed by atoms with Crippen LogP contribution in [0.15, 0.2) is 48.5 Å². The molecule has 2 nitrogen and oxygen atoms in total. The van der Waals surface area contributed by atoms with Crippen molar-refractivity contribution in [2.75, 3.05) is 7.05 Å². The molecule has 2 unspecified atom stereocenters. The monoisotopic (exact) mass is 363 g/mol. The van der Waals surface area contributed by atoms with Crippen LogP contribution in [0.2, 0.25) is 0 Å². The van der Waals surface area contributed by atoms with Gasteiger partial charge in [0.15, 0.2) is 0 Å². The minimum absolute atomic E-state index is 0.570. The molecule has 0 aromatic heterocycles. The average molecular weight is 364 g/mol. The summed E-state index contributed by atoms with van der Waals surface area (Å²) in [6.45, 7) is 4.25. The molecule has 2 heteroatoms. The Bertz CT molecular complexity index is 739. The molecule has 0 saturated carbocycles. The zero-order chi connectivity index (χ0) is 19.0. The van der Waals surface area contributed by atoms with E-state index in [-0.39, 0.29) is 0 Å². The van der Waals surface area contributed by atoms with Gasteiger partial charge in [-0.3, -0.25) is 0 Å². The topological polar surface area (TPSA) is 23.5 Å². The first-order valence-electron chi connectivity index (χ1n) is 10.6. The first-order chi connectivity index (χ1) is 13.0. The smallest absolute Gasteiger partial charge is 0.115 e. The van der Waals surface area contributed by atoms with Crippen LogP contribution in [0.25, 0.3) is 0 Å². The summed E-state index contributed by atoms with van der Waals surface area (Å²) in [6, 6.07) is 18.2. The van der Waals surface area contributed by atoms with Crippen molar-refractivity contribution in [2.45, 2.75) is 70.1 Å². The Balaban J connectivity index is 1.71. The summed E-state index contributed by atoms with van der Waals surface area (Å²) in [6.07, 6.45) is 7.25. The third kappa shape index (κ3) is 3.46. The zero-order valence-electron chi connectivity index (χ0n) is 17.0. The predicted molar refractivity (Wildman–Crippen MR) is 112 cm³/mol. The molecular weight excluding hydrogens is 330 g/mol. The molecule has 2 bridgehead atoms. The average Bonchev–Trinajstić information content (AvgIpc) is 2.63. The highest BCUT2D eigenvalue weighted by molar-refractivity contribution is 5.43. The van der Waals surface area contributed by atoms with E-state index in [9.17, 15) is 5.11 Å². The second-order valence-electron chi connectivity index (χ2n) is 8.94. The summed E-state index contributed by atoms with van der Waals surface area (Å²) < 4.78 is 0. The summed E-state index contributed by atoms with van der Waals surface area (Å²) in [4.78, 5) is 2.61. The number of aliphatic hydroxyl groups is 1. The minimum atomic E-state index is -0.911. The standard InChI is InChI=1S/C25H33NO/c1-18-9-4-6-13-23(18)25(27,24-14-7-5-10-19(24)2)17-20-15-21-11-8-12-22(16-20)26(21)3/h4-7,9-10,13-14,20-22,27H,8,11-12,15-17H2,1-3H3. The molecular formula is C25H33NO. The lowest BCUT2D eigenvalue weighted by Crippen LogP contribution is -2.50. The van der Waals surface area contributed by atoms with Gasteiger partial charge in [0.05, 0.1) is 0 Å². The quantitative estimate of drug-likeness (QED) is 0.808. The molecule has 0 aliphatic carbocycles. The molecule has 2 heterocycles. The fourth-order valence-corrected chi connectivity index (χ4v) is 5.75. The van der Waals surface area contributed by atoms with Gasteiger partial charge in [-0.05, 0) is 81.2 Å². The summed E-state index contributed by atoms with van der Waals surface area (Å²) in [7, 11) is 2.31. The van der Waals surface area contributed by atoms with E-state index in [2.05, 4.69) is 74.3 Å². The summed E-state index contributed by atoms with van der Waals surface area (Å²) in [5.41, 5.74) is 3.59. The van der Waals surface area contributed by atoms with Crippen LogP contribution < -0.4 is 0 Å². The second-order valence-corrected chi connectivity index (χ2v) is 8.94. The highest BCUT2D eigenvalue weighted by Gasteiger charge is 2.42. The van der Waals surface area contributed by atoms with Crippen molar-refractivity contribution in [3.63, 3.8) is 0 Å². The maximum Gasteiger partial charge on any atom is 0.115 e. The number of aryl methyl sites for hydroxylation is 2. The van der Waals surface area contributed by atoms with Crippen LogP contribution in [0.5, 0.6) is 0 Å². The number of rotatable bonds is 4. The molecule has 0 spiro atoms. The van der Waals surface area contributed by atoms with Crippen LogP contribution in [0, 0.1) is 19.8 Å². The van der Waals surface area contributed by atoms with Gasteiger partial charge in [-0.25, -0.2) is 0 Å².